The number of H-pyrrole nitrogens is 1. The van der Waals surface area contributed by atoms with Gasteiger partial charge < -0.3 is 19.5 Å². The molecule has 2 aromatic carbocycles. The Morgan fingerprint density at radius 3 is 2.64 bits per heavy atom. The van der Waals surface area contributed by atoms with Crippen LogP contribution in [0.1, 0.15) is 30.8 Å². The lowest BCUT2D eigenvalue weighted by Gasteiger charge is -2.21. The van der Waals surface area contributed by atoms with Crippen molar-refractivity contribution in [1.29, 1.82) is 0 Å². The van der Waals surface area contributed by atoms with E-state index in [0.717, 1.165) is 52.8 Å². The molecule has 5 rings (SSSR count). The van der Waals surface area contributed by atoms with Crippen LogP contribution in [0, 0.1) is 0 Å². The molecule has 7 nitrogen and oxygen atoms in total. The molecule has 3 heterocycles. The summed E-state index contributed by atoms with van der Waals surface area (Å²) in [4.78, 5) is 30.0. The highest BCUT2D eigenvalue weighted by atomic mass is 32.1. The number of carbonyl (C=O) groups excluding carboxylic acids is 1. The highest BCUT2D eigenvalue weighted by molar-refractivity contribution is 7.13. The predicted molar refractivity (Wildman–Crippen MR) is 132 cm³/mol. The molecule has 0 atom stereocenters. The van der Waals surface area contributed by atoms with Crippen LogP contribution in [-0.4, -0.2) is 58.0 Å². The number of anilines is 1. The Hall–Kier alpha value is -3.39. The highest BCUT2D eigenvalue weighted by Gasteiger charge is 2.23. The van der Waals surface area contributed by atoms with Gasteiger partial charge in [0.05, 0.1) is 17.1 Å². The summed E-state index contributed by atoms with van der Waals surface area (Å²) in [6.45, 7) is 6.96. The Balaban J connectivity index is 1.25. The fraction of sp³-hybridized carbons (Fsp3) is 0.320. The fourth-order valence-electron chi connectivity index (χ4n) is 4.04. The normalized spacial score (nSPS) is 14.6. The Labute approximate surface area is 197 Å². The molecule has 0 radical (unpaired) electrons. The first-order chi connectivity index (χ1) is 16.1. The van der Waals surface area contributed by atoms with Crippen molar-refractivity contribution in [3.8, 4) is 16.3 Å². The lowest BCUT2D eigenvalue weighted by Crippen LogP contribution is -2.35. The summed E-state index contributed by atoms with van der Waals surface area (Å²) in [5, 5.41) is 2.70. The maximum absolute atomic E-state index is 13.2. The van der Waals surface area contributed by atoms with E-state index in [9.17, 15) is 4.79 Å². The molecule has 1 aliphatic rings. The van der Waals surface area contributed by atoms with E-state index >= 15 is 0 Å². The number of aromatic amines is 1. The molecular formula is C25H27N5O2S. The number of nitrogens with one attached hydrogen (secondary N) is 1. The highest BCUT2D eigenvalue weighted by Crippen LogP contribution is 2.27. The monoisotopic (exact) mass is 461 g/mol. The number of carbonyl (C=O) groups is 1. The number of para-hydroxylation sites is 2. The van der Waals surface area contributed by atoms with Gasteiger partial charge in [-0.15, -0.1) is 11.3 Å². The van der Waals surface area contributed by atoms with Gasteiger partial charge in [-0.25, -0.2) is 9.97 Å². The minimum Gasteiger partial charge on any atom is -0.491 e. The van der Waals surface area contributed by atoms with Crippen LogP contribution in [0.25, 0.3) is 21.6 Å². The average Bonchev–Trinajstić information content (AvgIpc) is 3.40. The summed E-state index contributed by atoms with van der Waals surface area (Å²) >= 11 is 1.49. The molecule has 0 spiro atoms. The molecule has 1 aliphatic heterocycles. The zero-order valence-electron chi connectivity index (χ0n) is 18.8. The van der Waals surface area contributed by atoms with Crippen molar-refractivity contribution in [2.75, 3.05) is 31.1 Å². The average molecular weight is 462 g/mol. The first-order valence-electron chi connectivity index (χ1n) is 11.3. The van der Waals surface area contributed by atoms with Crippen LogP contribution in [0.15, 0.2) is 53.9 Å². The smallest absolute Gasteiger partial charge is 0.273 e. The van der Waals surface area contributed by atoms with Gasteiger partial charge in [0, 0.05) is 37.1 Å². The number of hydrogen-bond acceptors (Lipinski definition) is 6. The number of aromatic nitrogens is 3. The molecule has 0 aliphatic carbocycles. The predicted octanol–water partition coefficient (Wildman–Crippen LogP) is 4.83. The summed E-state index contributed by atoms with van der Waals surface area (Å²) in [6.07, 6.45) is 1.02. The van der Waals surface area contributed by atoms with Gasteiger partial charge in [-0.3, -0.25) is 4.79 Å². The third-order valence-corrected chi connectivity index (χ3v) is 6.55. The number of thiazole rings is 1. The molecule has 0 unspecified atom stereocenters. The van der Waals surface area contributed by atoms with E-state index in [1.165, 1.54) is 11.3 Å². The van der Waals surface area contributed by atoms with Crippen LogP contribution in [0.4, 0.5) is 5.95 Å². The van der Waals surface area contributed by atoms with E-state index in [1.807, 2.05) is 72.7 Å². The van der Waals surface area contributed by atoms with Gasteiger partial charge in [-0.05, 0) is 56.7 Å². The van der Waals surface area contributed by atoms with Gasteiger partial charge in [-0.1, -0.05) is 12.1 Å². The van der Waals surface area contributed by atoms with Crippen molar-refractivity contribution in [1.82, 2.24) is 19.9 Å². The minimum atomic E-state index is -0.0104. The largest absolute Gasteiger partial charge is 0.491 e. The van der Waals surface area contributed by atoms with E-state index in [4.69, 9.17) is 9.72 Å². The summed E-state index contributed by atoms with van der Waals surface area (Å²) in [5.41, 5.74) is 3.49. The fourth-order valence-corrected chi connectivity index (χ4v) is 4.84. The van der Waals surface area contributed by atoms with Crippen LogP contribution in [-0.2, 0) is 0 Å². The van der Waals surface area contributed by atoms with Gasteiger partial charge >= 0.3 is 0 Å². The number of amides is 1. The maximum Gasteiger partial charge on any atom is 0.273 e. The van der Waals surface area contributed by atoms with E-state index in [-0.39, 0.29) is 12.0 Å². The number of ether oxygens (including phenoxy) is 1. The SMILES string of the molecule is CC(C)Oc1ccc(-c2nc(C(=O)N3CCCN(c4nc5ccccc5[nH]4)CC3)cs2)cc1. The first kappa shape index (κ1) is 21.5. The third kappa shape index (κ3) is 4.71. The Kier molecular flexibility index (Phi) is 6.00. The second-order valence-corrected chi connectivity index (χ2v) is 9.30. The molecule has 1 amide bonds. The summed E-state index contributed by atoms with van der Waals surface area (Å²) in [7, 11) is 0. The standard InChI is InChI=1S/C25H27N5O2S/c1-17(2)32-19-10-8-18(9-11-19)23-26-22(16-33-23)24(31)29-12-5-13-30(15-14-29)25-27-20-6-3-4-7-21(20)28-25/h3-4,6-11,16-17H,5,12-15H2,1-2H3,(H,27,28). The van der Waals surface area contributed by atoms with Crippen LogP contribution in [0.2, 0.25) is 0 Å². The van der Waals surface area contributed by atoms with Gasteiger partial charge in [0.1, 0.15) is 16.5 Å². The van der Waals surface area contributed by atoms with E-state index in [1.54, 1.807) is 0 Å². The molecule has 2 aromatic heterocycles. The van der Waals surface area contributed by atoms with Gasteiger partial charge in [0.15, 0.2) is 0 Å². The quantitative estimate of drug-likeness (QED) is 0.461. The number of benzene rings is 2. The number of imidazole rings is 1. The number of nitrogens with zero attached hydrogens (tertiary/aromatic N) is 4. The Morgan fingerprint density at radius 2 is 1.85 bits per heavy atom. The molecule has 0 saturated carbocycles. The molecule has 1 fully saturated rings. The lowest BCUT2D eigenvalue weighted by atomic mass is 10.2. The van der Waals surface area contributed by atoms with Crippen LogP contribution < -0.4 is 9.64 Å². The van der Waals surface area contributed by atoms with Crippen LogP contribution in [0.3, 0.4) is 0 Å². The van der Waals surface area contributed by atoms with E-state index < -0.39 is 0 Å². The van der Waals surface area contributed by atoms with Crippen molar-refractivity contribution >= 4 is 34.2 Å². The third-order valence-electron chi connectivity index (χ3n) is 5.66. The summed E-state index contributed by atoms with van der Waals surface area (Å²) < 4.78 is 5.71. The zero-order chi connectivity index (χ0) is 22.8. The molecule has 33 heavy (non-hydrogen) atoms. The van der Waals surface area contributed by atoms with E-state index in [0.29, 0.717) is 18.8 Å². The van der Waals surface area contributed by atoms with Gasteiger partial charge in [0.25, 0.3) is 5.91 Å². The molecular weight excluding hydrogens is 434 g/mol. The second-order valence-electron chi connectivity index (χ2n) is 8.44. The molecule has 4 aromatic rings. The van der Waals surface area contributed by atoms with Gasteiger partial charge in [-0.2, -0.15) is 0 Å². The van der Waals surface area contributed by atoms with Gasteiger partial charge in [0.2, 0.25) is 5.95 Å². The summed E-state index contributed by atoms with van der Waals surface area (Å²) in [6, 6.07) is 15.9. The molecule has 170 valence electrons. The maximum atomic E-state index is 13.2. The van der Waals surface area contributed by atoms with Crippen molar-refractivity contribution in [3.63, 3.8) is 0 Å². The molecule has 1 N–H and O–H groups in total. The molecule has 0 bridgehead atoms. The van der Waals surface area contributed by atoms with Crippen molar-refractivity contribution in [2.45, 2.75) is 26.4 Å². The van der Waals surface area contributed by atoms with Crippen molar-refractivity contribution in [3.05, 3.63) is 59.6 Å². The minimum absolute atomic E-state index is 0.0104. The van der Waals surface area contributed by atoms with Crippen LogP contribution in [0.5, 0.6) is 5.75 Å². The van der Waals surface area contributed by atoms with Crippen LogP contribution >= 0.6 is 11.3 Å². The summed E-state index contributed by atoms with van der Waals surface area (Å²) in [5.74, 6) is 1.69. The number of fused-ring (bicyclic) bond motifs is 1. The Morgan fingerprint density at radius 1 is 1.03 bits per heavy atom. The number of rotatable bonds is 5. The topological polar surface area (TPSA) is 74.3 Å². The molecule has 1 saturated heterocycles. The van der Waals surface area contributed by atoms with Crippen molar-refractivity contribution < 1.29 is 9.53 Å². The van der Waals surface area contributed by atoms with Crippen molar-refractivity contribution in [2.24, 2.45) is 0 Å². The molecule has 8 heteroatoms. The van der Waals surface area contributed by atoms with E-state index in [2.05, 4.69) is 14.9 Å². The number of hydrogen-bond donors (Lipinski definition) is 1. The zero-order valence-corrected chi connectivity index (χ0v) is 19.6. The lowest BCUT2D eigenvalue weighted by molar-refractivity contribution is 0.0762. The Bertz CT molecular complexity index is 1210. The first-order valence-corrected chi connectivity index (χ1v) is 12.2. The second kappa shape index (κ2) is 9.23.